The number of anilines is 1. The van der Waals surface area contributed by atoms with Crippen LogP contribution in [-0.2, 0) is 21.4 Å². The number of amides is 1. The molecule has 1 amide bonds. The topological polar surface area (TPSA) is 111 Å². The van der Waals surface area contributed by atoms with Gasteiger partial charge in [-0.2, -0.15) is 0 Å². The van der Waals surface area contributed by atoms with Crippen LogP contribution in [0.2, 0.25) is 0 Å². The van der Waals surface area contributed by atoms with Gasteiger partial charge in [-0.05, 0) is 42.0 Å². The van der Waals surface area contributed by atoms with Crippen LogP contribution < -0.4 is 20.5 Å². The summed E-state index contributed by atoms with van der Waals surface area (Å²) in [6, 6.07) is 13.0. The van der Waals surface area contributed by atoms with E-state index in [1.165, 1.54) is 19.2 Å². The molecule has 2 aromatic carbocycles. The fourth-order valence-electron chi connectivity index (χ4n) is 2.18. The molecule has 2 aromatic rings. The summed E-state index contributed by atoms with van der Waals surface area (Å²) >= 11 is 0. The van der Waals surface area contributed by atoms with Gasteiger partial charge in [-0.3, -0.25) is 9.52 Å². The van der Waals surface area contributed by atoms with E-state index in [4.69, 9.17) is 10.5 Å². The first-order chi connectivity index (χ1) is 12.4. The zero-order valence-electron chi connectivity index (χ0n) is 14.7. The fourth-order valence-corrected chi connectivity index (χ4v) is 3.23. The van der Waals surface area contributed by atoms with Crippen molar-refractivity contribution in [2.24, 2.45) is 11.7 Å². The summed E-state index contributed by atoms with van der Waals surface area (Å²) in [6.07, 6.45) is 0. The molecular formula is C18H23N3O4S. The Labute approximate surface area is 153 Å². The number of carbonyl (C=O) groups excluding carboxylic acids is 1. The molecule has 7 nitrogen and oxygen atoms in total. The van der Waals surface area contributed by atoms with Crippen molar-refractivity contribution in [1.29, 1.82) is 0 Å². The number of sulfonamides is 1. The Hall–Kier alpha value is -2.58. The standard InChI is InChI=1S/C18H23N3O4S/c1-13(11-19)18(22)20-12-14-4-3-5-15(10-14)21-26(23,24)17-8-6-16(25-2)7-9-17/h3-10,13,21H,11-12,19H2,1-2H3,(H,20,22). The predicted molar refractivity (Wildman–Crippen MR) is 100 cm³/mol. The molecule has 0 aliphatic rings. The van der Waals surface area contributed by atoms with Gasteiger partial charge in [-0.25, -0.2) is 8.42 Å². The van der Waals surface area contributed by atoms with Gasteiger partial charge in [0.15, 0.2) is 0 Å². The first kappa shape index (κ1) is 19.7. The Morgan fingerprint density at radius 1 is 1.19 bits per heavy atom. The maximum atomic E-state index is 12.5. The fraction of sp³-hybridized carbons (Fsp3) is 0.278. The molecule has 1 atom stereocenters. The molecule has 0 saturated carbocycles. The molecule has 140 valence electrons. The second-order valence-electron chi connectivity index (χ2n) is 5.84. The SMILES string of the molecule is COc1ccc(S(=O)(=O)Nc2cccc(CNC(=O)C(C)CN)c2)cc1. The van der Waals surface area contributed by atoms with E-state index in [9.17, 15) is 13.2 Å². The van der Waals surface area contributed by atoms with E-state index in [0.29, 0.717) is 18.0 Å². The van der Waals surface area contributed by atoms with E-state index in [1.54, 1.807) is 43.3 Å². The summed E-state index contributed by atoms with van der Waals surface area (Å²) in [5.74, 6) is 0.164. The lowest BCUT2D eigenvalue weighted by molar-refractivity contribution is -0.124. The third kappa shape index (κ3) is 5.21. The van der Waals surface area contributed by atoms with E-state index in [0.717, 1.165) is 5.56 Å². The number of benzene rings is 2. The highest BCUT2D eigenvalue weighted by atomic mass is 32.2. The molecular weight excluding hydrogens is 354 g/mol. The second kappa shape index (κ2) is 8.68. The number of hydrogen-bond acceptors (Lipinski definition) is 5. The summed E-state index contributed by atoms with van der Waals surface area (Å²) in [4.78, 5) is 11.9. The van der Waals surface area contributed by atoms with E-state index in [2.05, 4.69) is 10.0 Å². The third-order valence-electron chi connectivity index (χ3n) is 3.82. The molecule has 0 saturated heterocycles. The molecule has 0 fully saturated rings. The van der Waals surface area contributed by atoms with Crippen molar-refractivity contribution < 1.29 is 17.9 Å². The number of nitrogens with one attached hydrogen (secondary N) is 2. The van der Waals surface area contributed by atoms with Crippen molar-refractivity contribution in [3.05, 3.63) is 54.1 Å². The van der Waals surface area contributed by atoms with Crippen LogP contribution in [0.25, 0.3) is 0 Å². The van der Waals surface area contributed by atoms with Crippen LogP contribution in [0.15, 0.2) is 53.4 Å². The van der Waals surface area contributed by atoms with E-state index in [-0.39, 0.29) is 23.3 Å². The molecule has 8 heteroatoms. The van der Waals surface area contributed by atoms with Crippen molar-refractivity contribution in [3.63, 3.8) is 0 Å². The van der Waals surface area contributed by atoms with E-state index in [1.807, 2.05) is 0 Å². The predicted octanol–water partition coefficient (Wildman–Crippen LogP) is 1.71. The lowest BCUT2D eigenvalue weighted by Crippen LogP contribution is -2.32. The van der Waals surface area contributed by atoms with Gasteiger partial charge in [0.25, 0.3) is 10.0 Å². The molecule has 0 aromatic heterocycles. The highest BCUT2D eigenvalue weighted by molar-refractivity contribution is 7.92. The van der Waals surface area contributed by atoms with E-state index >= 15 is 0 Å². The third-order valence-corrected chi connectivity index (χ3v) is 5.21. The Kier molecular flexibility index (Phi) is 6.59. The molecule has 0 heterocycles. The van der Waals surface area contributed by atoms with Gasteiger partial charge in [0.05, 0.1) is 12.0 Å². The van der Waals surface area contributed by atoms with Crippen molar-refractivity contribution in [3.8, 4) is 5.75 Å². The smallest absolute Gasteiger partial charge is 0.261 e. The van der Waals surface area contributed by atoms with Gasteiger partial charge in [0.1, 0.15) is 5.75 Å². The Bertz CT molecular complexity index is 851. The first-order valence-corrected chi connectivity index (χ1v) is 9.57. The van der Waals surface area contributed by atoms with Gasteiger partial charge in [0.2, 0.25) is 5.91 Å². The number of ether oxygens (including phenoxy) is 1. The minimum absolute atomic E-state index is 0.133. The van der Waals surface area contributed by atoms with Crippen molar-refractivity contribution in [1.82, 2.24) is 5.32 Å². The number of carbonyl (C=O) groups is 1. The molecule has 26 heavy (non-hydrogen) atoms. The van der Waals surface area contributed by atoms with Gasteiger partial charge < -0.3 is 15.8 Å². The van der Waals surface area contributed by atoms with Crippen LogP contribution >= 0.6 is 0 Å². The summed E-state index contributed by atoms with van der Waals surface area (Å²) < 4.78 is 32.5. The Morgan fingerprint density at radius 2 is 1.88 bits per heavy atom. The average Bonchev–Trinajstić information content (AvgIpc) is 2.65. The summed E-state index contributed by atoms with van der Waals surface area (Å²) in [6.45, 7) is 2.31. The van der Waals surface area contributed by atoms with Crippen LogP contribution in [0.1, 0.15) is 12.5 Å². The molecule has 0 aliphatic carbocycles. The maximum Gasteiger partial charge on any atom is 0.261 e. The molecule has 4 N–H and O–H groups in total. The van der Waals surface area contributed by atoms with Crippen molar-refractivity contribution in [2.45, 2.75) is 18.4 Å². The molecule has 0 radical (unpaired) electrons. The number of nitrogens with two attached hydrogens (primary N) is 1. The molecule has 0 aliphatic heterocycles. The lowest BCUT2D eigenvalue weighted by Gasteiger charge is -2.12. The van der Waals surface area contributed by atoms with E-state index < -0.39 is 10.0 Å². The van der Waals surface area contributed by atoms with Crippen molar-refractivity contribution >= 4 is 21.6 Å². The van der Waals surface area contributed by atoms with Gasteiger partial charge in [0, 0.05) is 24.7 Å². The minimum Gasteiger partial charge on any atom is -0.497 e. The zero-order valence-corrected chi connectivity index (χ0v) is 15.5. The zero-order chi connectivity index (χ0) is 19.2. The highest BCUT2D eigenvalue weighted by Crippen LogP contribution is 2.19. The number of methoxy groups -OCH3 is 1. The van der Waals surface area contributed by atoms with Gasteiger partial charge in [-0.15, -0.1) is 0 Å². The van der Waals surface area contributed by atoms with Crippen molar-refractivity contribution in [2.75, 3.05) is 18.4 Å². The number of hydrogen-bond donors (Lipinski definition) is 3. The normalized spacial score (nSPS) is 12.3. The molecule has 2 rings (SSSR count). The second-order valence-corrected chi connectivity index (χ2v) is 7.52. The van der Waals surface area contributed by atoms with Gasteiger partial charge >= 0.3 is 0 Å². The Balaban J connectivity index is 2.08. The van der Waals surface area contributed by atoms with Gasteiger partial charge in [-0.1, -0.05) is 19.1 Å². The molecule has 0 spiro atoms. The molecule has 0 bridgehead atoms. The molecule has 1 unspecified atom stereocenters. The van der Waals surface area contributed by atoms with Crippen LogP contribution in [0, 0.1) is 5.92 Å². The summed E-state index contributed by atoms with van der Waals surface area (Å²) in [7, 11) is -2.20. The maximum absolute atomic E-state index is 12.5. The largest absolute Gasteiger partial charge is 0.497 e. The summed E-state index contributed by atoms with van der Waals surface area (Å²) in [5.41, 5.74) is 6.66. The minimum atomic E-state index is -3.71. The first-order valence-electron chi connectivity index (χ1n) is 8.09. The number of rotatable bonds is 8. The average molecular weight is 377 g/mol. The van der Waals surface area contributed by atoms with Crippen LogP contribution in [-0.4, -0.2) is 28.0 Å². The van der Waals surface area contributed by atoms with Crippen LogP contribution in [0.4, 0.5) is 5.69 Å². The van der Waals surface area contributed by atoms with Crippen LogP contribution in [0.5, 0.6) is 5.75 Å². The monoisotopic (exact) mass is 377 g/mol. The lowest BCUT2D eigenvalue weighted by atomic mass is 10.1. The highest BCUT2D eigenvalue weighted by Gasteiger charge is 2.15. The summed E-state index contributed by atoms with van der Waals surface area (Å²) in [5, 5.41) is 2.77. The Morgan fingerprint density at radius 3 is 2.50 bits per heavy atom. The quantitative estimate of drug-likeness (QED) is 0.649. The van der Waals surface area contributed by atoms with Crippen LogP contribution in [0.3, 0.4) is 0 Å².